The fraction of sp³-hybridized carbons (Fsp3) is 0.368. The van der Waals surface area contributed by atoms with Gasteiger partial charge in [0, 0.05) is 18.2 Å². The van der Waals surface area contributed by atoms with Crippen molar-refractivity contribution in [3.63, 3.8) is 0 Å². The van der Waals surface area contributed by atoms with Crippen LogP contribution in [0.2, 0.25) is 0 Å². The van der Waals surface area contributed by atoms with Gasteiger partial charge in [0.1, 0.15) is 0 Å². The first kappa shape index (κ1) is 14.9. The molecule has 0 spiro atoms. The van der Waals surface area contributed by atoms with Crippen LogP contribution < -0.4 is 24.3 Å². The fourth-order valence-electron chi connectivity index (χ4n) is 4.19. The van der Waals surface area contributed by atoms with Crippen LogP contribution in [0, 0.1) is 0 Å². The van der Waals surface area contributed by atoms with Gasteiger partial charge in [-0.3, -0.25) is 0 Å². The number of hydrogen-bond donors (Lipinski definition) is 2. The van der Waals surface area contributed by atoms with Gasteiger partial charge in [0.15, 0.2) is 23.0 Å². The molecule has 25 heavy (non-hydrogen) atoms. The smallest absolute Gasteiger partial charge is 0.231 e. The summed E-state index contributed by atoms with van der Waals surface area (Å²) in [6, 6.07) is 6.08. The van der Waals surface area contributed by atoms with Crippen LogP contribution in [0.5, 0.6) is 23.0 Å². The molecule has 2 aromatic rings. The molecule has 2 heterocycles. The lowest BCUT2D eigenvalue weighted by molar-refractivity contribution is 0.156. The summed E-state index contributed by atoms with van der Waals surface area (Å²) in [6.07, 6.45) is 0.258. The van der Waals surface area contributed by atoms with Gasteiger partial charge >= 0.3 is 0 Å². The van der Waals surface area contributed by atoms with Crippen molar-refractivity contribution < 1.29 is 24.1 Å². The number of aliphatic hydroxyl groups is 1. The maximum absolute atomic E-state index is 10.5. The summed E-state index contributed by atoms with van der Waals surface area (Å²) in [7, 11) is 3.26. The van der Waals surface area contributed by atoms with Gasteiger partial charge in [0.25, 0.3) is 0 Å². The minimum absolute atomic E-state index is 0.126. The van der Waals surface area contributed by atoms with Crippen LogP contribution in [-0.4, -0.2) is 32.7 Å². The Morgan fingerprint density at radius 2 is 1.92 bits per heavy atom. The Morgan fingerprint density at radius 3 is 2.68 bits per heavy atom. The highest BCUT2D eigenvalue weighted by atomic mass is 16.7. The number of methoxy groups -OCH3 is 2. The van der Waals surface area contributed by atoms with Gasteiger partial charge in [-0.1, -0.05) is 0 Å². The van der Waals surface area contributed by atoms with E-state index in [1.165, 1.54) is 5.56 Å². The summed E-state index contributed by atoms with van der Waals surface area (Å²) in [5, 5.41) is 14.0. The number of rotatable bonds is 2. The molecule has 3 aliphatic rings. The molecule has 0 aromatic heterocycles. The van der Waals surface area contributed by atoms with Crippen molar-refractivity contribution in [2.45, 2.75) is 18.6 Å². The molecule has 2 atom stereocenters. The molecule has 6 heteroatoms. The van der Waals surface area contributed by atoms with Gasteiger partial charge in [0.2, 0.25) is 6.79 Å². The average Bonchev–Trinajstić information content (AvgIpc) is 3.09. The molecule has 6 nitrogen and oxygen atoms in total. The molecule has 2 N–H and O–H groups in total. The fourth-order valence-corrected chi connectivity index (χ4v) is 4.19. The minimum atomic E-state index is -0.569. The van der Waals surface area contributed by atoms with Gasteiger partial charge in [-0.05, 0) is 46.9 Å². The van der Waals surface area contributed by atoms with Gasteiger partial charge in [-0.2, -0.15) is 0 Å². The SMILES string of the molecule is COc1cc2c3c(c1OC)-c1cc4c(cc1C[C@@H]3NC[C@@H]2O)OCO4. The largest absolute Gasteiger partial charge is 0.493 e. The molecule has 0 saturated heterocycles. The molecule has 130 valence electrons. The zero-order valence-corrected chi connectivity index (χ0v) is 14.1. The summed E-state index contributed by atoms with van der Waals surface area (Å²) < 4.78 is 22.4. The number of aliphatic hydroxyl groups excluding tert-OH is 1. The zero-order valence-electron chi connectivity index (χ0n) is 14.1. The van der Waals surface area contributed by atoms with Crippen molar-refractivity contribution in [1.82, 2.24) is 5.32 Å². The van der Waals surface area contributed by atoms with E-state index in [4.69, 9.17) is 18.9 Å². The van der Waals surface area contributed by atoms with E-state index in [1.54, 1.807) is 14.2 Å². The first-order valence-electron chi connectivity index (χ1n) is 8.34. The Bertz CT molecular complexity index is 879. The number of fused-ring (bicyclic) bond motifs is 3. The Morgan fingerprint density at radius 1 is 1.12 bits per heavy atom. The highest BCUT2D eigenvalue weighted by Gasteiger charge is 2.37. The van der Waals surface area contributed by atoms with Gasteiger partial charge in [0.05, 0.1) is 20.3 Å². The molecular formula is C19H19NO5. The molecular weight excluding hydrogens is 322 g/mol. The summed E-state index contributed by atoms with van der Waals surface area (Å²) in [5.41, 5.74) is 5.17. The Balaban J connectivity index is 1.85. The molecule has 0 amide bonds. The van der Waals surface area contributed by atoms with Crippen molar-refractivity contribution >= 4 is 0 Å². The van der Waals surface area contributed by atoms with Crippen molar-refractivity contribution in [1.29, 1.82) is 0 Å². The van der Waals surface area contributed by atoms with E-state index in [1.807, 2.05) is 18.2 Å². The van der Waals surface area contributed by atoms with E-state index in [9.17, 15) is 5.11 Å². The topological polar surface area (TPSA) is 69.2 Å². The third-order valence-corrected chi connectivity index (χ3v) is 5.30. The van der Waals surface area contributed by atoms with Crippen LogP contribution in [0.3, 0.4) is 0 Å². The van der Waals surface area contributed by atoms with Crippen molar-refractivity contribution in [2.24, 2.45) is 0 Å². The minimum Gasteiger partial charge on any atom is -0.493 e. The number of nitrogens with one attached hydrogen (secondary N) is 1. The van der Waals surface area contributed by atoms with E-state index in [2.05, 4.69) is 5.32 Å². The van der Waals surface area contributed by atoms with Crippen molar-refractivity contribution in [3.8, 4) is 34.1 Å². The van der Waals surface area contributed by atoms with E-state index >= 15 is 0 Å². The molecule has 5 rings (SSSR count). The van der Waals surface area contributed by atoms with Crippen molar-refractivity contribution in [2.75, 3.05) is 27.6 Å². The summed E-state index contributed by atoms with van der Waals surface area (Å²) in [4.78, 5) is 0. The number of ether oxygens (including phenoxy) is 4. The molecule has 0 bridgehead atoms. The van der Waals surface area contributed by atoms with Gasteiger partial charge in [-0.15, -0.1) is 0 Å². The molecule has 2 aliphatic heterocycles. The predicted molar refractivity (Wildman–Crippen MR) is 90.5 cm³/mol. The van der Waals surface area contributed by atoms with E-state index < -0.39 is 6.10 Å². The Labute approximate surface area is 145 Å². The Kier molecular flexibility index (Phi) is 3.14. The number of benzene rings is 2. The summed E-state index contributed by atoms with van der Waals surface area (Å²) >= 11 is 0. The second-order valence-corrected chi connectivity index (χ2v) is 6.53. The van der Waals surface area contributed by atoms with E-state index in [0.29, 0.717) is 18.0 Å². The van der Waals surface area contributed by atoms with Gasteiger partial charge < -0.3 is 29.4 Å². The average molecular weight is 341 g/mol. The molecule has 0 fully saturated rings. The highest BCUT2D eigenvalue weighted by Crippen LogP contribution is 2.54. The predicted octanol–water partition coefficient (Wildman–Crippen LogP) is 2.33. The third-order valence-electron chi connectivity index (χ3n) is 5.30. The molecule has 2 aromatic carbocycles. The standard InChI is InChI=1S/C19H19NO5/c1-22-16-6-11-13(21)7-20-12-3-9-4-14-15(25-8-24-14)5-10(9)18(17(11)12)19(16)23-2/h4-6,12-13,20-21H,3,7-8H2,1-2H3/t12-,13-/m0/s1. The van der Waals surface area contributed by atoms with Gasteiger partial charge in [-0.25, -0.2) is 0 Å². The van der Waals surface area contributed by atoms with Crippen LogP contribution in [0.25, 0.3) is 11.1 Å². The lowest BCUT2D eigenvalue weighted by atomic mass is 9.76. The first-order chi connectivity index (χ1) is 12.2. The Hall–Kier alpha value is -2.44. The first-order valence-corrected chi connectivity index (χ1v) is 8.34. The molecule has 0 radical (unpaired) electrons. The van der Waals surface area contributed by atoms with E-state index in [0.717, 1.165) is 40.2 Å². The van der Waals surface area contributed by atoms with Crippen LogP contribution in [0.4, 0.5) is 0 Å². The maximum atomic E-state index is 10.5. The number of β-amino-alcohol motifs (C(OH)–C–C–N with tert-alkyl or cyclic N) is 1. The third kappa shape index (κ3) is 1.98. The normalized spacial score (nSPS) is 22.2. The van der Waals surface area contributed by atoms with Crippen LogP contribution in [0.15, 0.2) is 18.2 Å². The highest BCUT2D eigenvalue weighted by molar-refractivity contribution is 5.85. The van der Waals surface area contributed by atoms with E-state index in [-0.39, 0.29) is 12.8 Å². The second kappa shape index (κ2) is 5.28. The van der Waals surface area contributed by atoms with Crippen molar-refractivity contribution in [3.05, 3.63) is 34.9 Å². The monoisotopic (exact) mass is 341 g/mol. The quantitative estimate of drug-likeness (QED) is 0.874. The van der Waals surface area contributed by atoms with Crippen LogP contribution in [0.1, 0.15) is 28.8 Å². The molecule has 1 aliphatic carbocycles. The zero-order chi connectivity index (χ0) is 17.1. The molecule has 0 unspecified atom stereocenters. The summed E-state index contributed by atoms with van der Waals surface area (Å²) in [6.45, 7) is 0.762. The lowest BCUT2D eigenvalue weighted by Crippen LogP contribution is -2.36. The molecule has 0 saturated carbocycles. The maximum Gasteiger partial charge on any atom is 0.231 e. The lowest BCUT2D eigenvalue weighted by Gasteiger charge is -2.37. The summed E-state index contributed by atoms with van der Waals surface area (Å²) in [5.74, 6) is 2.82. The second-order valence-electron chi connectivity index (χ2n) is 6.53. The number of hydrogen-bond acceptors (Lipinski definition) is 6. The van der Waals surface area contributed by atoms with Crippen LogP contribution >= 0.6 is 0 Å². The van der Waals surface area contributed by atoms with Crippen LogP contribution in [-0.2, 0) is 6.42 Å².